The summed E-state index contributed by atoms with van der Waals surface area (Å²) in [5, 5.41) is 9.66. The van der Waals surface area contributed by atoms with Crippen molar-refractivity contribution in [2.75, 3.05) is 31.1 Å². The Kier molecular flexibility index (Phi) is 5.23. The second-order valence-electron chi connectivity index (χ2n) is 5.21. The van der Waals surface area contributed by atoms with Crippen molar-refractivity contribution in [3.8, 4) is 0 Å². The summed E-state index contributed by atoms with van der Waals surface area (Å²) in [7, 11) is 0. The van der Waals surface area contributed by atoms with Gasteiger partial charge in [0, 0.05) is 36.9 Å². The molecule has 0 bridgehead atoms. The number of primary amides is 1. The topological polar surface area (TPSA) is 113 Å². The number of nitrogens with zero attached hydrogens (tertiary/aromatic N) is 2. The number of carboxylic acid groups (broad SMARTS) is 1. The third-order valence-electron chi connectivity index (χ3n) is 3.80. The Morgan fingerprint density at radius 1 is 1.23 bits per heavy atom. The molecule has 1 heterocycles. The van der Waals surface area contributed by atoms with Gasteiger partial charge in [0.2, 0.25) is 5.91 Å². The summed E-state index contributed by atoms with van der Waals surface area (Å²) >= 11 is 5.98. The molecule has 2 atom stereocenters. The number of carbonyl (C=O) groups is 2. The number of anilines is 1. The standard InChI is InChI=1S/C14H19ClN4O3/c15-9-2-1-3-10(8-9)18-4-6-19(7-5-18)12(13(17)20)11(16)14(21)22/h1-3,8,11-12H,4-7,16H2,(H2,17,20)(H,21,22)/t11-,12?/m0/s1. The summed E-state index contributed by atoms with van der Waals surface area (Å²) in [4.78, 5) is 26.4. The van der Waals surface area contributed by atoms with E-state index in [1.165, 1.54) is 0 Å². The molecule has 2 rings (SSSR count). The number of carboxylic acids is 1. The van der Waals surface area contributed by atoms with Crippen LogP contribution in [0.5, 0.6) is 0 Å². The SMILES string of the molecule is NC(=O)C([C@H](N)C(=O)O)N1CCN(c2cccc(Cl)c2)CC1. The summed E-state index contributed by atoms with van der Waals surface area (Å²) in [6.45, 7) is 2.27. The number of piperazine rings is 1. The van der Waals surface area contributed by atoms with Crippen LogP contribution in [0.2, 0.25) is 5.02 Å². The minimum absolute atomic E-state index is 0.501. The number of hydrogen-bond donors (Lipinski definition) is 3. The number of benzene rings is 1. The van der Waals surface area contributed by atoms with Crippen LogP contribution in [0.4, 0.5) is 5.69 Å². The third kappa shape index (κ3) is 3.68. The van der Waals surface area contributed by atoms with Gasteiger partial charge in [-0.3, -0.25) is 14.5 Å². The van der Waals surface area contributed by atoms with Gasteiger partial charge in [0.25, 0.3) is 0 Å². The molecule has 0 radical (unpaired) electrons. The second kappa shape index (κ2) is 6.95. The van der Waals surface area contributed by atoms with Crippen molar-refractivity contribution >= 4 is 29.2 Å². The molecule has 1 aromatic rings. The molecule has 1 aliphatic rings. The van der Waals surface area contributed by atoms with Crippen LogP contribution >= 0.6 is 11.6 Å². The number of hydrogen-bond acceptors (Lipinski definition) is 5. The molecule has 0 aliphatic carbocycles. The van der Waals surface area contributed by atoms with E-state index in [-0.39, 0.29) is 0 Å². The van der Waals surface area contributed by atoms with E-state index in [4.69, 9.17) is 28.2 Å². The molecule has 0 aromatic heterocycles. The van der Waals surface area contributed by atoms with Gasteiger partial charge >= 0.3 is 5.97 Å². The fraction of sp³-hybridized carbons (Fsp3) is 0.429. The number of nitrogens with two attached hydrogens (primary N) is 2. The predicted octanol–water partition coefficient (Wildman–Crippen LogP) is -0.272. The van der Waals surface area contributed by atoms with E-state index in [9.17, 15) is 9.59 Å². The van der Waals surface area contributed by atoms with Gasteiger partial charge in [-0.15, -0.1) is 0 Å². The van der Waals surface area contributed by atoms with Gasteiger partial charge in [0.15, 0.2) is 0 Å². The van der Waals surface area contributed by atoms with Crippen LogP contribution in [0.15, 0.2) is 24.3 Å². The summed E-state index contributed by atoms with van der Waals surface area (Å²) in [6.07, 6.45) is 0. The summed E-state index contributed by atoms with van der Waals surface area (Å²) < 4.78 is 0. The zero-order chi connectivity index (χ0) is 16.3. The second-order valence-corrected chi connectivity index (χ2v) is 5.65. The molecule has 22 heavy (non-hydrogen) atoms. The Labute approximate surface area is 133 Å². The maximum atomic E-state index is 11.5. The quantitative estimate of drug-likeness (QED) is 0.686. The fourth-order valence-electron chi connectivity index (χ4n) is 2.65. The maximum Gasteiger partial charge on any atom is 0.322 e. The van der Waals surface area contributed by atoms with Crippen molar-refractivity contribution < 1.29 is 14.7 Å². The predicted molar refractivity (Wildman–Crippen MR) is 83.8 cm³/mol. The molecule has 120 valence electrons. The first-order valence-corrected chi connectivity index (χ1v) is 7.30. The van der Waals surface area contributed by atoms with E-state index in [0.717, 1.165) is 5.69 Å². The van der Waals surface area contributed by atoms with Crippen LogP contribution in [-0.2, 0) is 9.59 Å². The Balaban J connectivity index is 2.04. The number of halogens is 1. The molecular formula is C14H19ClN4O3. The minimum Gasteiger partial charge on any atom is -0.480 e. The molecule has 1 amide bonds. The van der Waals surface area contributed by atoms with Gasteiger partial charge in [0.1, 0.15) is 12.1 Å². The van der Waals surface area contributed by atoms with E-state index >= 15 is 0 Å². The molecule has 1 aliphatic heterocycles. The molecule has 1 unspecified atom stereocenters. The lowest BCUT2D eigenvalue weighted by Gasteiger charge is -2.40. The summed E-state index contributed by atoms with van der Waals surface area (Å²) in [5.74, 6) is -1.95. The number of amides is 1. The largest absolute Gasteiger partial charge is 0.480 e. The van der Waals surface area contributed by atoms with Gasteiger partial charge < -0.3 is 21.5 Å². The van der Waals surface area contributed by atoms with Gasteiger partial charge in [-0.25, -0.2) is 0 Å². The van der Waals surface area contributed by atoms with Crippen molar-refractivity contribution in [2.24, 2.45) is 11.5 Å². The van der Waals surface area contributed by atoms with Crippen LogP contribution in [0.25, 0.3) is 0 Å². The first-order chi connectivity index (χ1) is 10.4. The molecule has 8 heteroatoms. The molecule has 5 N–H and O–H groups in total. The van der Waals surface area contributed by atoms with E-state index in [1.807, 2.05) is 18.2 Å². The molecule has 1 fully saturated rings. The minimum atomic E-state index is -1.32. The van der Waals surface area contributed by atoms with Crippen molar-refractivity contribution in [3.63, 3.8) is 0 Å². The van der Waals surface area contributed by atoms with Crippen molar-refractivity contribution in [1.82, 2.24) is 4.90 Å². The van der Waals surface area contributed by atoms with Crippen LogP contribution in [0, 0.1) is 0 Å². The highest BCUT2D eigenvalue weighted by molar-refractivity contribution is 6.30. The first-order valence-electron chi connectivity index (χ1n) is 6.92. The average molecular weight is 327 g/mol. The Morgan fingerprint density at radius 2 is 1.86 bits per heavy atom. The lowest BCUT2D eigenvalue weighted by Crippen LogP contribution is -2.62. The van der Waals surface area contributed by atoms with Crippen LogP contribution < -0.4 is 16.4 Å². The van der Waals surface area contributed by atoms with Crippen molar-refractivity contribution in [3.05, 3.63) is 29.3 Å². The highest BCUT2D eigenvalue weighted by Crippen LogP contribution is 2.21. The Bertz CT molecular complexity index is 561. The van der Waals surface area contributed by atoms with E-state index in [0.29, 0.717) is 31.2 Å². The lowest BCUT2D eigenvalue weighted by atomic mass is 10.1. The molecule has 0 spiro atoms. The molecule has 0 saturated carbocycles. The normalized spacial score (nSPS) is 18.7. The molecule has 7 nitrogen and oxygen atoms in total. The number of rotatable bonds is 5. The lowest BCUT2D eigenvalue weighted by molar-refractivity contribution is -0.143. The van der Waals surface area contributed by atoms with Gasteiger partial charge in [-0.1, -0.05) is 17.7 Å². The van der Waals surface area contributed by atoms with Crippen LogP contribution in [0.1, 0.15) is 0 Å². The first kappa shape index (κ1) is 16.5. The van der Waals surface area contributed by atoms with Gasteiger partial charge in [-0.2, -0.15) is 0 Å². The van der Waals surface area contributed by atoms with E-state index in [1.54, 1.807) is 11.0 Å². The zero-order valence-electron chi connectivity index (χ0n) is 12.0. The number of aliphatic carboxylic acids is 1. The van der Waals surface area contributed by atoms with Gasteiger partial charge in [-0.05, 0) is 18.2 Å². The zero-order valence-corrected chi connectivity index (χ0v) is 12.7. The fourth-order valence-corrected chi connectivity index (χ4v) is 2.83. The molecule has 1 saturated heterocycles. The highest BCUT2D eigenvalue weighted by atomic mass is 35.5. The van der Waals surface area contributed by atoms with Crippen LogP contribution in [-0.4, -0.2) is 60.1 Å². The van der Waals surface area contributed by atoms with Gasteiger partial charge in [0.05, 0.1) is 0 Å². The summed E-state index contributed by atoms with van der Waals surface area (Å²) in [5.41, 5.74) is 11.9. The number of carbonyl (C=O) groups excluding carboxylic acids is 1. The summed E-state index contributed by atoms with van der Waals surface area (Å²) in [6, 6.07) is 5.17. The van der Waals surface area contributed by atoms with E-state index < -0.39 is 24.0 Å². The molecule has 1 aromatic carbocycles. The van der Waals surface area contributed by atoms with Crippen LogP contribution in [0.3, 0.4) is 0 Å². The third-order valence-corrected chi connectivity index (χ3v) is 4.03. The smallest absolute Gasteiger partial charge is 0.322 e. The average Bonchev–Trinajstić information content (AvgIpc) is 2.47. The Morgan fingerprint density at radius 3 is 2.36 bits per heavy atom. The van der Waals surface area contributed by atoms with E-state index in [2.05, 4.69) is 4.90 Å². The molecular weight excluding hydrogens is 308 g/mol. The monoisotopic (exact) mass is 326 g/mol. The van der Waals surface area contributed by atoms with Crippen molar-refractivity contribution in [2.45, 2.75) is 12.1 Å². The highest BCUT2D eigenvalue weighted by Gasteiger charge is 2.36. The van der Waals surface area contributed by atoms with Crippen molar-refractivity contribution in [1.29, 1.82) is 0 Å². The maximum absolute atomic E-state index is 11.5. The Hall–Kier alpha value is -1.83.